The second-order valence-electron chi connectivity index (χ2n) is 7.97. The van der Waals surface area contributed by atoms with Crippen molar-refractivity contribution < 1.29 is 9.32 Å². The van der Waals surface area contributed by atoms with Crippen molar-refractivity contribution in [1.29, 1.82) is 0 Å². The van der Waals surface area contributed by atoms with Gasteiger partial charge < -0.3 is 14.3 Å². The molecule has 1 aliphatic heterocycles. The van der Waals surface area contributed by atoms with Crippen molar-refractivity contribution in [3.8, 4) is 11.4 Å². The maximum Gasteiger partial charge on any atom is 0.255 e. The number of hydrogen-bond donors (Lipinski definition) is 0. The van der Waals surface area contributed by atoms with Gasteiger partial charge in [0.2, 0.25) is 11.7 Å². The molecule has 0 saturated carbocycles. The predicted octanol–water partition coefficient (Wildman–Crippen LogP) is 3.24. The fourth-order valence-electron chi connectivity index (χ4n) is 3.98. The summed E-state index contributed by atoms with van der Waals surface area (Å²) in [6, 6.07) is 11.8. The first-order valence-electron chi connectivity index (χ1n) is 11.2. The average Bonchev–Trinajstić information content (AvgIpc) is 3.29. The zero-order chi connectivity index (χ0) is 22.5. The van der Waals surface area contributed by atoms with Crippen molar-refractivity contribution >= 4 is 11.7 Å². The van der Waals surface area contributed by atoms with Gasteiger partial charge in [0.05, 0.1) is 12.1 Å². The van der Waals surface area contributed by atoms with Crippen LogP contribution in [0.4, 0.5) is 5.82 Å². The molecule has 8 heteroatoms. The molecule has 0 atom stereocenters. The molecule has 32 heavy (non-hydrogen) atoms. The molecule has 2 aromatic heterocycles. The molecule has 0 unspecified atom stereocenters. The summed E-state index contributed by atoms with van der Waals surface area (Å²) >= 11 is 0. The van der Waals surface area contributed by atoms with E-state index in [0.29, 0.717) is 36.9 Å². The van der Waals surface area contributed by atoms with Gasteiger partial charge in [0.25, 0.3) is 5.91 Å². The van der Waals surface area contributed by atoms with E-state index >= 15 is 0 Å². The van der Waals surface area contributed by atoms with Crippen LogP contribution in [0.2, 0.25) is 0 Å². The second kappa shape index (κ2) is 9.91. The first-order valence-corrected chi connectivity index (χ1v) is 11.2. The Kier molecular flexibility index (Phi) is 6.80. The molecule has 1 saturated heterocycles. The Hall–Kier alpha value is -3.26. The number of nitrogens with zero attached hydrogens (tertiary/aromatic N) is 6. The van der Waals surface area contributed by atoms with Crippen molar-refractivity contribution in [1.82, 2.24) is 24.9 Å². The van der Waals surface area contributed by atoms with E-state index in [2.05, 4.69) is 38.8 Å². The highest BCUT2D eigenvalue weighted by molar-refractivity contribution is 5.94. The van der Waals surface area contributed by atoms with Gasteiger partial charge >= 0.3 is 0 Å². The quantitative estimate of drug-likeness (QED) is 0.565. The first-order chi connectivity index (χ1) is 15.6. The molecule has 3 heterocycles. The Labute approximate surface area is 188 Å². The Bertz CT molecular complexity index is 1040. The molecule has 0 radical (unpaired) electrons. The number of aryl methyl sites for hydroxylation is 1. The first kappa shape index (κ1) is 22.0. The minimum Gasteiger partial charge on any atom is -0.357 e. The van der Waals surface area contributed by atoms with Gasteiger partial charge in [0.15, 0.2) is 0 Å². The Morgan fingerprint density at radius 3 is 2.47 bits per heavy atom. The number of piperazine rings is 1. The third-order valence-corrected chi connectivity index (χ3v) is 5.95. The van der Waals surface area contributed by atoms with E-state index in [4.69, 9.17) is 4.52 Å². The number of rotatable bonds is 7. The molecule has 1 amide bonds. The van der Waals surface area contributed by atoms with Gasteiger partial charge in [0.1, 0.15) is 5.82 Å². The summed E-state index contributed by atoms with van der Waals surface area (Å²) in [5.41, 5.74) is 2.74. The molecule has 3 aromatic rings. The maximum absolute atomic E-state index is 12.9. The summed E-state index contributed by atoms with van der Waals surface area (Å²) < 4.78 is 5.47. The van der Waals surface area contributed by atoms with E-state index < -0.39 is 0 Å². The van der Waals surface area contributed by atoms with Crippen LogP contribution in [0.3, 0.4) is 0 Å². The standard InChI is InChI=1S/C24H30N6O2/c1-4-29(5-2)21-11-10-19(16-25-21)24(31)30-14-12-28(13-15-30)17-22-26-23(27-32-22)20-9-7-6-8-18(20)3/h6-11,16H,4-5,12-15,17H2,1-3H3. The maximum atomic E-state index is 12.9. The van der Waals surface area contributed by atoms with Gasteiger partial charge in [-0.2, -0.15) is 4.98 Å². The summed E-state index contributed by atoms with van der Waals surface area (Å²) in [6.07, 6.45) is 1.69. The lowest BCUT2D eigenvalue weighted by Crippen LogP contribution is -2.48. The summed E-state index contributed by atoms with van der Waals surface area (Å²) in [7, 11) is 0. The van der Waals surface area contributed by atoms with Crippen molar-refractivity contribution in [3.05, 3.63) is 59.6 Å². The van der Waals surface area contributed by atoms with Crippen molar-refractivity contribution in [2.75, 3.05) is 44.2 Å². The highest BCUT2D eigenvalue weighted by atomic mass is 16.5. The molecule has 0 N–H and O–H groups in total. The number of carbonyl (C=O) groups excluding carboxylic acids is 1. The highest BCUT2D eigenvalue weighted by Gasteiger charge is 2.24. The zero-order valence-electron chi connectivity index (χ0n) is 19.0. The monoisotopic (exact) mass is 434 g/mol. The lowest BCUT2D eigenvalue weighted by atomic mass is 10.1. The number of anilines is 1. The van der Waals surface area contributed by atoms with Crippen LogP contribution in [0, 0.1) is 6.92 Å². The highest BCUT2D eigenvalue weighted by Crippen LogP contribution is 2.20. The molecule has 1 aliphatic rings. The molecule has 4 rings (SSSR count). The number of carbonyl (C=O) groups is 1. The zero-order valence-corrected chi connectivity index (χ0v) is 19.0. The topological polar surface area (TPSA) is 78.6 Å². The molecule has 8 nitrogen and oxygen atoms in total. The van der Waals surface area contributed by atoms with Crippen LogP contribution in [-0.4, -0.2) is 70.1 Å². The Morgan fingerprint density at radius 1 is 1.06 bits per heavy atom. The lowest BCUT2D eigenvalue weighted by Gasteiger charge is -2.34. The summed E-state index contributed by atoms with van der Waals surface area (Å²) in [5, 5.41) is 4.14. The molecular weight excluding hydrogens is 404 g/mol. The van der Waals surface area contributed by atoms with Crippen LogP contribution in [0.5, 0.6) is 0 Å². The van der Waals surface area contributed by atoms with Gasteiger partial charge in [-0.3, -0.25) is 9.69 Å². The van der Waals surface area contributed by atoms with Gasteiger partial charge in [-0.25, -0.2) is 4.98 Å². The fourth-order valence-corrected chi connectivity index (χ4v) is 3.98. The van der Waals surface area contributed by atoms with E-state index in [-0.39, 0.29) is 5.91 Å². The number of aromatic nitrogens is 3. The number of amides is 1. The van der Waals surface area contributed by atoms with Crippen LogP contribution in [0.25, 0.3) is 11.4 Å². The van der Waals surface area contributed by atoms with E-state index in [1.54, 1.807) is 6.20 Å². The van der Waals surface area contributed by atoms with Crippen molar-refractivity contribution in [3.63, 3.8) is 0 Å². The molecular formula is C24H30N6O2. The molecule has 1 fully saturated rings. The number of hydrogen-bond acceptors (Lipinski definition) is 7. The molecule has 0 aliphatic carbocycles. The van der Waals surface area contributed by atoms with Crippen molar-refractivity contribution in [2.24, 2.45) is 0 Å². The van der Waals surface area contributed by atoms with E-state index in [0.717, 1.165) is 43.1 Å². The fraction of sp³-hybridized carbons (Fsp3) is 0.417. The predicted molar refractivity (Wildman–Crippen MR) is 123 cm³/mol. The summed E-state index contributed by atoms with van der Waals surface area (Å²) in [6.45, 7) is 11.5. The van der Waals surface area contributed by atoms with Gasteiger partial charge in [0, 0.05) is 51.0 Å². The van der Waals surface area contributed by atoms with Crippen LogP contribution in [0.15, 0.2) is 47.1 Å². The average molecular weight is 435 g/mol. The van der Waals surface area contributed by atoms with Crippen LogP contribution in [0.1, 0.15) is 35.7 Å². The van der Waals surface area contributed by atoms with E-state index in [1.807, 2.05) is 48.2 Å². The minimum atomic E-state index is 0.0304. The normalized spacial score (nSPS) is 14.5. The molecule has 0 bridgehead atoms. The minimum absolute atomic E-state index is 0.0304. The van der Waals surface area contributed by atoms with Crippen LogP contribution in [-0.2, 0) is 6.54 Å². The van der Waals surface area contributed by atoms with Gasteiger partial charge in [-0.15, -0.1) is 0 Å². The Balaban J connectivity index is 1.32. The van der Waals surface area contributed by atoms with E-state index in [1.165, 1.54) is 0 Å². The van der Waals surface area contributed by atoms with Gasteiger partial charge in [-0.05, 0) is 38.5 Å². The third kappa shape index (κ3) is 4.80. The molecule has 1 aromatic carbocycles. The van der Waals surface area contributed by atoms with Crippen LogP contribution >= 0.6 is 0 Å². The van der Waals surface area contributed by atoms with Gasteiger partial charge in [-0.1, -0.05) is 29.4 Å². The van der Waals surface area contributed by atoms with Crippen molar-refractivity contribution in [2.45, 2.75) is 27.3 Å². The Morgan fingerprint density at radius 2 is 1.81 bits per heavy atom. The van der Waals surface area contributed by atoms with Crippen LogP contribution < -0.4 is 4.90 Å². The number of pyridine rings is 1. The summed E-state index contributed by atoms with van der Waals surface area (Å²) in [4.78, 5) is 28.2. The SMILES string of the molecule is CCN(CC)c1ccc(C(=O)N2CCN(Cc3nc(-c4ccccc4C)no3)CC2)cn1. The van der Waals surface area contributed by atoms with E-state index in [9.17, 15) is 4.79 Å². The number of benzene rings is 1. The molecule has 168 valence electrons. The largest absolute Gasteiger partial charge is 0.357 e. The summed E-state index contributed by atoms with van der Waals surface area (Å²) in [5.74, 6) is 2.15. The molecule has 0 spiro atoms. The second-order valence-corrected chi connectivity index (χ2v) is 7.97. The smallest absolute Gasteiger partial charge is 0.255 e. The third-order valence-electron chi connectivity index (χ3n) is 5.95. The lowest BCUT2D eigenvalue weighted by molar-refractivity contribution is 0.0614.